The second kappa shape index (κ2) is 8.17. The number of carbonyl (C=O) groups is 1. The highest BCUT2D eigenvalue weighted by Gasteiger charge is 2.33. The summed E-state index contributed by atoms with van der Waals surface area (Å²) in [5.74, 6) is -0.778. The number of halogens is 1. The SMILES string of the molecule is Cc1cc(O)c(F)cc1-c1ccc2ncc(C(=O)C3CC3)c(NC3CCC(N)CC3)c2c1. The van der Waals surface area contributed by atoms with Crippen LogP contribution in [0.1, 0.15) is 54.4 Å². The van der Waals surface area contributed by atoms with Gasteiger partial charge in [0.05, 0.1) is 16.8 Å². The van der Waals surface area contributed by atoms with Crippen molar-refractivity contribution >= 4 is 22.4 Å². The lowest BCUT2D eigenvalue weighted by molar-refractivity contribution is 0.0968. The molecule has 166 valence electrons. The topological polar surface area (TPSA) is 88.2 Å². The number of fused-ring (bicyclic) bond motifs is 1. The van der Waals surface area contributed by atoms with Gasteiger partial charge in [0.2, 0.25) is 0 Å². The lowest BCUT2D eigenvalue weighted by Gasteiger charge is -2.29. The minimum atomic E-state index is -0.654. The predicted molar refractivity (Wildman–Crippen MR) is 124 cm³/mol. The molecule has 0 unspecified atom stereocenters. The number of rotatable bonds is 5. The Labute approximate surface area is 186 Å². The molecule has 2 aliphatic carbocycles. The highest BCUT2D eigenvalue weighted by molar-refractivity contribution is 6.10. The minimum Gasteiger partial charge on any atom is -0.505 e. The van der Waals surface area contributed by atoms with Crippen LogP contribution in [0.25, 0.3) is 22.0 Å². The number of phenolic OH excluding ortho intramolecular Hbond substituents is 1. The largest absolute Gasteiger partial charge is 0.505 e. The maximum Gasteiger partial charge on any atom is 0.169 e. The summed E-state index contributed by atoms with van der Waals surface area (Å²) in [6, 6.07) is 9.07. The molecule has 0 atom stereocenters. The molecule has 2 aromatic carbocycles. The molecule has 3 aromatic rings. The van der Waals surface area contributed by atoms with Crippen LogP contribution in [0.4, 0.5) is 10.1 Å². The Hall–Kier alpha value is -2.99. The molecule has 0 spiro atoms. The standard InChI is InChI=1S/C26H28FN3O2/c1-14-10-24(31)22(27)12-19(14)16-4-9-23-20(11-16)25(30-18-7-5-17(28)6-8-18)21(13-29-23)26(32)15-2-3-15/h4,9-13,15,17-18,31H,2-3,5-8,28H2,1H3,(H,29,30). The molecule has 4 N–H and O–H groups in total. The van der Waals surface area contributed by atoms with Crippen LogP contribution in [0, 0.1) is 18.7 Å². The van der Waals surface area contributed by atoms with E-state index in [9.17, 15) is 14.3 Å². The fourth-order valence-electron chi connectivity index (χ4n) is 4.71. The normalized spacial score (nSPS) is 21.0. The summed E-state index contributed by atoms with van der Waals surface area (Å²) in [6.45, 7) is 1.84. The third-order valence-electron chi connectivity index (χ3n) is 6.81. The van der Waals surface area contributed by atoms with Gasteiger partial charge in [-0.2, -0.15) is 0 Å². The molecule has 0 saturated heterocycles. The number of aromatic hydroxyl groups is 1. The molecule has 5 rings (SSSR count). The summed E-state index contributed by atoms with van der Waals surface area (Å²) in [7, 11) is 0. The number of nitrogens with two attached hydrogens (primary N) is 1. The number of Topliss-reactive ketones (excluding diaryl/α,β-unsaturated/α-hetero) is 1. The average Bonchev–Trinajstić information content (AvgIpc) is 3.63. The molecule has 2 saturated carbocycles. The molecule has 0 radical (unpaired) electrons. The lowest BCUT2D eigenvalue weighted by Crippen LogP contribution is -2.33. The maximum atomic E-state index is 14.1. The van der Waals surface area contributed by atoms with Crippen LogP contribution in [0.3, 0.4) is 0 Å². The summed E-state index contributed by atoms with van der Waals surface area (Å²) in [5.41, 5.74) is 10.6. The number of nitrogens with zero attached hydrogens (tertiary/aromatic N) is 1. The lowest BCUT2D eigenvalue weighted by atomic mass is 9.90. The molecular formula is C26H28FN3O2. The molecule has 32 heavy (non-hydrogen) atoms. The summed E-state index contributed by atoms with van der Waals surface area (Å²) < 4.78 is 14.1. The number of anilines is 1. The zero-order valence-corrected chi connectivity index (χ0v) is 18.2. The Balaban J connectivity index is 1.63. The van der Waals surface area contributed by atoms with Crippen LogP contribution in [0.15, 0.2) is 36.5 Å². The quantitative estimate of drug-likeness (QED) is 0.473. The molecule has 5 nitrogen and oxygen atoms in total. The fraction of sp³-hybridized carbons (Fsp3) is 0.385. The summed E-state index contributed by atoms with van der Waals surface area (Å²) in [6.07, 6.45) is 7.41. The van der Waals surface area contributed by atoms with Gasteiger partial charge >= 0.3 is 0 Å². The van der Waals surface area contributed by atoms with E-state index in [1.54, 1.807) is 6.20 Å². The van der Waals surface area contributed by atoms with Gasteiger partial charge < -0.3 is 16.2 Å². The first kappa shape index (κ1) is 20.9. The summed E-state index contributed by atoms with van der Waals surface area (Å²) in [4.78, 5) is 17.7. The van der Waals surface area contributed by atoms with Crippen molar-refractivity contribution < 1.29 is 14.3 Å². The Bertz CT molecular complexity index is 1200. The van der Waals surface area contributed by atoms with Crippen molar-refractivity contribution in [3.63, 3.8) is 0 Å². The molecule has 1 aromatic heterocycles. The van der Waals surface area contributed by atoms with Crippen molar-refractivity contribution in [1.29, 1.82) is 0 Å². The third-order valence-corrected chi connectivity index (χ3v) is 6.81. The van der Waals surface area contributed by atoms with E-state index >= 15 is 0 Å². The number of phenols is 1. The number of ketones is 1. The van der Waals surface area contributed by atoms with Crippen LogP contribution < -0.4 is 11.1 Å². The van der Waals surface area contributed by atoms with E-state index in [1.807, 2.05) is 25.1 Å². The molecular weight excluding hydrogens is 405 g/mol. The van der Waals surface area contributed by atoms with Crippen LogP contribution in [-0.2, 0) is 0 Å². The van der Waals surface area contributed by atoms with Crippen molar-refractivity contribution in [3.8, 4) is 16.9 Å². The van der Waals surface area contributed by atoms with Gasteiger partial charge in [-0.3, -0.25) is 9.78 Å². The fourth-order valence-corrected chi connectivity index (χ4v) is 4.71. The Morgan fingerprint density at radius 3 is 2.59 bits per heavy atom. The van der Waals surface area contributed by atoms with E-state index in [0.717, 1.165) is 66.2 Å². The van der Waals surface area contributed by atoms with Gasteiger partial charge in [-0.25, -0.2) is 4.39 Å². The van der Waals surface area contributed by atoms with E-state index in [1.165, 1.54) is 12.1 Å². The first-order chi connectivity index (χ1) is 15.4. The van der Waals surface area contributed by atoms with E-state index in [4.69, 9.17) is 5.73 Å². The first-order valence-corrected chi connectivity index (χ1v) is 11.4. The number of pyridine rings is 1. The van der Waals surface area contributed by atoms with Crippen molar-refractivity contribution in [2.24, 2.45) is 11.7 Å². The van der Waals surface area contributed by atoms with E-state index in [-0.39, 0.29) is 29.5 Å². The Morgan fingerprint density at radius 1 is 1.12 bits per heavy atom. The molecule has 0 amide bonds. The predicted octanol–water partition coefficient (Wildman–Crippen LogP) is 5.33. The minimum absolute atomic E-state index is 0.0891. The van der Waals surface area contributed by atoms with Gasteiger partial charge in [0, 0.05) is 29.6 Å². The Morgan fingerprint density at radius 2 is 1.88 bits per heavy atom. The zero-order chi connectivity index (χ0) is 22.4. The van der Waals surface area contributed by atoms with Gasteiger partial charge in [-0.15, -0.1) is 0 Å². The molecule has 2 fully saturated rings. The van der Waals surface area contributed by atoms with Gasteiger partial charge in [0.15, 0.2) is 17.3 Å². The van der Waals surface area contributed by atoms with Crippen LogP contribution in [-0.4, -0.2) is 28.0 Å². The number of aromatic nitrogens is 1. The summed E-state index contributed by atoms with van der Waals surface area (Å²) in [5, 5.41) is 14.2. The highest BCUT2D eigenvalue weighted by atomic mass is 19.1. The molecule has 2 aliphatic rings. The second-order valence-electron chi connectivity index (χ2n) is 9.29. The van der Waals surface area contributed by atoms with Gasteiger partial charge in [-0.1, -0.05) is 6.07 Å². The first-order valence-electron chi connectivity index (χ1n) is 11.4. The van der Waals surface area contributed by atoms with Crippen LogP contribution >= 0.6 is 0 Å². The molecule has 6 heteroatoms. The molecule has 0 aliphatic heterocycles. The zero-order valence-electron chi connectivity index (χ0n) is 18.2. The Kier molecular flexibility index (Phi) is 5.33. The maximum absolute atomic E-state index is 14.1. The molecule has 1 heterocycles. The average molecular weight is 434 g/mol. The number of hydrogen-bond acceptors (Lipinski definition) is 5. The molecule has 0 bridgehead atoms. The highest BCUT2D eigenvalue weighted by Crippen LogP contribution is 2.39. The van der Waals surface area contributed by atoms with Crippen LogP contribution in [0.2, 0.25) is 0 Å². The second-order valence-corrected chi connectivity index (χ2v) is 9.29. The summed E-state index contributed by atoms with van der Waals surface area (Å²) >= 11 is 0. The smallest absolute Gasteiger partial charge is 0.169 e. The number of nitrogens with one attached hydrogen (secondary N) is 1. The monoisotopic (exact) mass is 433 g/mol. The van der Waals surface area contributed by atoms with Gasteiger partial charge in [0.25, 0.3) is 0 Å². The van der Waals surface area contributed by atoms with Crippen molar-refractivity contribution in [2.75, 3.05) is 5.32 Å². The van der Waals surface area contributed by atoms with E-state index in [0.29, 0.717) is 11.1 Å². The van der Waals surface area contributed by atoms with E-state index < -0.39 is 5.82 Å². The van der Waals surface area contributed by atoms with E-state index in [2.05, 4.69) is 10.3 Å². The number of carbonyl (C=O) groups excluding carboxylic acids is 1. The third kappa shape index (κ3) is 3.95. The van der Waals surface area contributed by atoms with Crippen molar-refractivity contribution in [2.45, 2.75) is 57.5 Å². The van der Waals surface area contributed by atoms with Crippen molar-refractivity contribution in [1.82, 2.24) is 4.98 Å². The van der Waals surface area contributed by atoms with Crippen LogP contribution in [0.5, 0.6) is 5.75 Å². The van der Waals surface area contributed by atoms with Gasteiger partial charge in [0.1, 0.15) is 0 Å². The van der Waals surface area contributed by atoms with Crippen molar-refractivity contribution in [3.05, 3.63) is 53.5 Å². The van der Waals surface area contributed by atoms with Gasteiger partial charge in [-0.05, 0) is 86.4 Å². The number of aryl methyl sites for hydroxylation is 1. The number of hydrogen-bond donors (Lipinski definition) is 3. The number of benzene rings is 2.